The summed E-state index contributed by atoms with van der Waals surface area (Å²) in [5.74, 6) is -0.918. The third-order valence-electron chi connectivity index (χ3n) is 6.19. The van der Waals surface area contributed by atoms with E-state index in [4.69, 9.17) is 9.47 Å². The summed E-state index contributed by atoms with van der Waals surface area (Å²) in [6.45, 7) is 1.84. The maximum atomic E-state index is 12.8. The molecule has 0 radical (unpaired) electrons. The fraction of sp³-hybridized carbons (Fsp3) is 0.103. The van der Waals surface area contributed by atoms with Crippen LogP contribution in [-0.4, -0.2) is 35.5 Å². The van der Waals surface area contributed by atoms with Crippen molar-refractivity contribution >= 4 is 22.8 Å². The number of carbonyl (C=O) groups excluding carboxylic acids is 2. The first-order chi connectivity index (χ1) is 17.0. The molecule has 0 aliphatic rings. The Bertz CT molecular complexity index is 1540. The first kappa shape index (κ1) is 22.2. The van der Waals surface area contributed by atoms with Gasteiger partial charge in [0.15, 0.2) is 0 Å². The second kappa shape index (κ2) is 8.99. The van der Waals surface area contributed by atoms with Crippen LogP contribution in [0.3, 0.4) is 0 Å². The molecule has 0 saturated carbocycles. The number of rotatable bonds is 5. The van der Waals surface area contributed by atoms with Gasteiger partial charge >= 0.3 is 11.9 Å². The number of esters is 2. The molecule has 5 aromatic rings. The average Bonchev–Trinajstić information content (AvgIpc) is 3.45. The van der Waals surface area contributed by atoms with Crippen molar-refractivity contribution in [3.05, 3.63) is 108 Å². The van der Waals surface area contributed by atoms with E-state index in [0.717, 1.165) is 33.3 Å². The van der Waals surface area contributed by atoms with Gasteiger partial charge < -0.3 is 9.47 Å². The van der Waals surface area contributed by atoms with Gasteiger partial charge in [-0.3, -0.25) is 4.68 Å². The normalized spacial score (nSPS) is 10.9. The van der Waals surface area contributed by atoms with Gasteiger partial charge in [-0.05, 0) is 36.2 Å². The Hall–Kier alpha value is -4.58. The van der Waals surface area contributed by atoms with Gasteiger partial charge in [-0.15, -0.1) is 0 Å². The number of fused-ring (bicyclic) bond motifs is 1. The molecule has 0 fully saturated rings. The van der Waals surface area contributed by atoms with Crippen LogP contribution < -0.4 is 0 Å². The molecule has 174 valence electrons. The number of hydrogen-bond donors (Lipinski definition) is 0. The number of hydrogen-bond acceptors (Lipinski definition) is 4. The second-order valence-corrected chi connectivity index (χ2v) is 8.17. The Morgan fingerprint density at radius 3 is 1.94 bits per heavy atom. The molecule has 0 unspecified atom stereocenters. The Balaban J connectivity index is 1.76. The summed E-state index contributed by atoms with van der Waals surface area (Å²) >= 11 is 0. The highest BCUT2D eigenvalue weighted by Crippen LogP contribution is 2.32. The molecule has 0 amide bonds. The third-order valence-corrected chi connectivity index (χ3v) is 6.19. The highest BCUT2D eigenvalue weighted by Gasteiger charge is 2.25. The lowest BCUT2D eigenvalue weighted by Gasteiger charge is -2.18. The highest BCUT2D eigenvalue weighted by molar-refractivity contribution is 5.97. The van der Waals surface area contributed by atoms with Crippen molar-refractivity contribution < 1.29 is 19.1 Å². The van der Waals surface area contributed by atoms with Gasteiger partial charge in [0.05, 0.1) is 36.7 Å². The molecule has 0 atom stereocenters. The fourth-order valence-electron chi connectivity index (χ4n) is 4.45. The van der Waals surface area contributed by atoms with E-state index >= 15 is 0 Å². The first-order valence-corrected chi connectivity index (χ1v) is 11.2. The van der Waals surface area contributed by atoms with Crippen LogP contribution in [0.1, 0.15) is 26.5 Å². The van der Waals surface area contributed by atoms with Crippen molar-refractivity contribution in [1.82, 2.24) is 9.35 Å². The molecule has 2 heterocycles. The van der Waals surface area contributed by atoms with Crippen LogP contribution in [0.25, 0.3) is 33.3 Å². The number of para-hydroxylation sites is 1. The number of methoxy groups -OCH3 is 2. The Labute approximate surface area is 202 Å². The van der Waals surface area contributed by atoms with E-state index in [1.807, 2.05) is 78.3 Å². The van der Waals surface area contributed by atoms with Gasteiger partial charge in [0, 0.05) is 10.9 Å². The van der Waals surface area contributed by atoms with Crippen LogP contribution in [0.2, 0.25) is 0 Å². The molecular weight excluding hydrogens is 440 g/mol. The maximum Gasteiger partial charge on any atom is 0.356 e. The van der Waals surface area contributed by atoms with Gasteiger partial charge in [0.1, 0.15) is 5.69 Å². The van der Waals surface area contributed by atoms with E-state index in [1.54, 1.807) is 16.8 Å². The zero-order valence-corrected chi connectivity index (χ0v) is 19.7. The van der Waals surface area contributed by atoms with E-state index in [-0.39, 0.29) is 0 Å². The Kier molecular flexibility index (Phi) is 5.71. The van der Waals surface area contributed by atoms with E-state index < -0.39 is 11.9 Å². The summed E-state index contributed by atoms with van der Waals surface area (Å²) in [6.07, 6.45) is 0. The van der Waals surface area contributed by atoms with Crippen LogP contribution >= 0.6 is 0 Å². The topological polar surface area (TPSA) is 62.5 Å². The van der Waals surface area contributed by atoms with Crippen molar-refractivity contribution in [2.24, 2.45) is 0 Å². The Morgan fingerprint density at radius 1 is 0.657 bits per heavy atom. The number of carbonyl (C=O) groups is 2. The number of ether oxygens (including phenoxy) is 2. The van der Waals surface area contributed by atoms with Crippen LogP contribution in [0.5, 0.6) is 0 Å². The maximum absolute atomic E-state index is 12.8. The minimum Gasteiger partial charge on any atom is -0.465 e. The van der Waals surface area contributed by atoms with E-state index in [9.17, 15) is 9.59 Å². The summed E-state index contributed by atoms with van der Waals surface area (Å²) in [4.78, 5) is 25.4. The summed E-state index contributed by atoms with van der Waals surface area (Å²) in [5.41, 5.74) is 6.06. The predicted octanol–water partition coefficient (Wildman–Crippen LogP) is 5.97. The zero-order valence-electron chi connectivity index (χ0n) is 19.7. The smallest absolute Gasteiger partial charge is 0.356 e. The standard InChI is InChI=1S/C29H24N2O4/c1-19-24(28(32)34-2)18-26(22-15-13-21(14-16-22)20-9-5-4-6-10-20)30(19)31-25-12-8-7-11-23(25)17-27(31)29(33)35-3/h4-18H,1-3H3. The van der Waals surface area contributed by atoms with Crippen molar-refractivity contribution in [3.8, 4) is 22.4 Å². The molecule has 0 aliphatic carbocycles. The number of aromatic nitrogens is 2. The molecule has 2 aromatic heterocycles. The SMILES string of the molecule is COC(=O)c1cc(-c2ccc(-c3ccccc3)cc2)n(-n2c(C(=O)OC)cc3ccccc32)c1C. The molecular formula is C29H24N2O4. The summed E-state index contributed by atoms with van der Waals surface area (Å²) < 4.78 is 13.8. The van der Waals surface area contributed by atoms with Crippen molar-refractivity contribution in [3.63, 3.8) is 0 Å². The minimum absolute atomic E-state index is 0.353. The molecule has 0 saturated heterocycles. The molecule has 35 heavy (non-hydrogen) atoms. The van der Waals surface area contributed by atoms with Crippen molar-refractivity contribution in [1.29, 1.82) is 0 Å². The average molecular weight is 465 g/mol. The lowest BCUT2D eigenvalue weighted by atomic mass is 10.0. The summed E-state index contributed by atoms with van der Waals surface area (Å²) in [7, 11) is 2.72. The molecule has 0 spiro atoms. The zero-order chi connectivity index (χ0) is 24.5. The first-order valence-electron chi connectivity index (χ1n) is 11.2. The van der Waals surface area contributed by atoms with E-state index in [1.165, 1.54) is 14.2 Å². The monoisotopic (exact) mass is 464 g/mol. The number of nitrogens with zero attached hydrogens (tertiary/aromatic N) is 2. The summed E-state index contributed by atoms with van der Waals surface area (Å²) in [6, 6.07) is 29.5. The third kappa shape index (κ3) is 3.79. The lowest BCUT2D eigenvalue weighted by Crippen LogP contribution is -2.19. The van der Waals surface area contributed by atoms with Crippen LogP contribution in [0.15, 0.2) is 91.0 Å². The molecule has 5 rings (SSSR count). The van der Waals surface area contributed by atoms with Crippen molar-refractivity contribution in [2.45, 2.75) is 6.92 Å². The molecule has 6 nitrogen and oxygen atoms in total. The van der Waals surface area contributed by atoms with Gasteiger partial charge in [-0.1, -0.05) is 72.8 Å². The molecule has 6 heteroatoms. The van der Waals surface area contributed by atoms with E-state index in [2.05, 4.69) is 12.1 Å². The fourth-order valence-corrected chi connectivity index (χ4v) is 4.45. The van der Waals surface area contributed by atoms with Gasteiger partial charge in [-0.25, -0.2) is 14.3 Å². The van der Waals surface area contributed by atoms with Gasteiger partial charge in [0.25, 0.3) is 0 Å². The van der Waals surface area contributed by atoms with Crippen molar-refractivity contribution in [2.75, 3.05) is 14.2 Å². The lowest BCUT2D eigenvalue weighted by molar-refractivity contribution is 0.0585. The molecule has 3 aromatic carbocycles. The molecule has 0 N–H and O–H groups in total. The molecule has 0 aliphatic heterocycles. The highest BCUT2D eigenvalue weighted by atomic mass is 16.5. The molecule has 0 bridgehead atoms. The van der Waals surface area contributed by atoms with Gasteiger partial charge in [-0.2, -0.15) is 0 Å². The summed E-state index contributed by atoms with van der Waals surface area (Å²) in [5, 5.41) is 0.881. The van der Waals surface area contributed by atoms with E-state index in [0.29, 0.717) is 17.0 Å². The largest absolute Gasteiger partial charge is 0.465 e. The minimum atomic E-state index is -0.473. The van der Waals surface area contributed by atoms with Crippen LogP contribution in [-0.2, 0) is 9.47 Å². The quantitative estimate of drug-likeness (QED) is 0.301. The predicted molar refractivity (Wildman–Crippen MR) is 135 cm³/mol. The second-order valence-electron chi connectivity index (χ2n) is 8.17. The Morgan fingerprint density at radius 2 is 1.26 bits per heavy atom. The van der Waals surface area contributed by atoms with Crippen LogP contribution in [0.4, 0.5) is 0 Å². The van der Waals surface area contributed by atoms with Gasteiger partial charge in [0.2, 0.25) is 0 Å². The number of benzene rings is 3. The van der Waals surface area contributed by atoms with Crippen LogP contribution in [0, 0.1) is 6.92 Å².